The van der Waals surface area contributed by atoms with Gasteiger partial charge in [0.2, 0.25) is 5.91 Å². The molecule has 2 atom stereocenters. The van der Waals surface area contributed by atoms with Gasteiger partial charge in [0.15, 0.2) is 0 Å². The third-order valence-corrected chi connectivity index (χ3v) is 6.01. The van der Waals surface area contributed by atoms with Gasteiger partial charge in [0.1, 0.15) is 0 Å². The van der Waals surface area contributed by atoms with Crippen LogP contribution in [0.2, 0.25) is 0 Å². The molecule has 0 aromatic rings. The molecular formula is C19H34N4O2. The number of nitrogens with zero attached hydrogens (tertiary/aromatic N) is 1. The van der Waals surface area contributed by atoms with E-state index >= 15 is 0 Å². The molecule has 6 heteroatoms. The van der Waals surface area contributed by atoms with E-state index in [1.54, 1.807) is 0 Å². The second kappa shape index (κ2) is 9.41. The predicted molar refractivity (Wildman–Crippen MR) is 98.3 cm³/mol. The molecule has 142 valence electrons. The number of rotatable bonds is 5. The van der Waals surface area contributed by atoms with Crippen LogP contribution in [0.4, 0.5) is 4.79 Å². The lowest BCUT2D eigenvalue weighted by Crippen LogP contribution is -2.50. The number of urea groups is 1. The summed E-state index contributed by atoms with van der Waals surface area (Å²) in [6.45, 7) is 4.31. The monoisotopic (exact) mass is 350 g/mol. The quantitative estimate of drug-likeness (QED) is 0.708. The molecule has 2 saturated heterocycles. The molecule has 25 heavy (non-hydrogen) atoms. The van der Waals surface area contributed by atoms with E-state index in [0.717, 1.165) is 58.3 Å². The van der Waals surface area contributed by atoms with Crippen molar-refractivity contribution in [3.8, 4) is 0 Å². The maximum atomic E-state index is 12.5. The summed E-state index contributed by atoms with van der Waals surface area (Å²) in [6.07, 6.45) is 10.00. The largest absolute Gasteiger partial charge is 0.356 e. The van der Waals surface area contributed by atoms with Crippen LogP contribution in [-0.2, 0) is 4.79 Å². The third kappa shape index (κ3) is 5.59. The van der Waals surface area contributed by atoms with E-state index in [0.29, 0.717) is 18.5 Å². The van der Waals surface area contributed by atoms with Gasteiger partial charge in [-0.1, -0.05) is 12.8 Å². The summed E-state index contributed by atoms with van der Waals surface area (Å²) in [5, 5.41) is 9.67. The zero-order valence-corrected chi connectivity index (χ0v) is 15.4. The summed E-state index contributed by atoms with van der Waals surface area (Å²) in [7, 11) is 0. The average Bonchev–Trinajstić information content (AvgIpc) is 3.15. The summed E-state index contributed by atoms with van der Waals surface area (Å²) in [5.74, 6) is 0.767. The highest BCUT2D eigenvalue weighted by atomic mass is 16.2. The first-order chi connectivity index (χ1) is 12.2. The Morgan fingerprint density at radius 3 is 2.64 bits per heavy atom. The summed E-state index contributed by atoms with van der Waals surface area (Å²) < 4.78 is 0. The molecule has 3 aliphatic rings. The standard InChI is InChI=1S/C19H34N4O2/c24-18(21-11-9-15-5-3-10-20-13-15)16-6-4-12-23(14-16)19(25)22-17-7-1-2-8-17/h15-17,20H,1-14H2,(H,21,24)(H,22,25). The van der Waals surface area contributed by atoms with Crippen molar-refractivity contribution in [2.24, 2.45) is 11.8 Å². The smallest absolute Gasteiger partial charge is 0.317 e. The van der Waals surface area contributed by atoms with Crippen LogP contribution in [0.5, 0.6) is 0 Å². The van der Waals surface area contributed by atoms with Gasteiger partial charge in [-0.05, 0) is 64.0 Å². The number of nitrogens with one attached hydrogen (secondary N) is 3. The minimum Gasteiger partial charge on any atom is -0.356 e. The number of likely N-dealkylation sites (tertiary alicyclic amines) is 1. The molecule has 3 amide bonds. The van der Waals surface area contributed by atoms with Gasteiger partial charge in [-0.25, -0.2) is 4.79 Å². The van der Waals surface area contributed by atoms with E-state index < -0.39 is 0 Å². The Morgan fingerprint density at radius 2 is 1.88 bits per heavy atom. The number of hydrogen-bond donors (Lipinski definition) is 3. The van der Waals surface area contributed by atoms with Gasteiger partial charge in [-0.15, -0.1) is 0 Å². The van der Waals surface area contributed by atoms with Crippen LogP contribution in [0.3, 0.4) is 0 Å². The van der Waals surface area contributed by atoms with Gasteiger partial charge in [0.25, 0.3) is 0 Å². The predicted octanol–water partition coefficient (Wildman–Crippen LogP) is 1.86. The molecule has 2 aliphatic heterocycles. The van der Waals surface area contributed by atoms with Crippen LogP contribution in [0.1, 0.15) is 57.8 Å². The highest BCUT2D eigenvalue weighted by Gasteiger charge is 2.29. The van der Waals surface area contributed by atoms with Crippen molar-refractivity contribution in [2.75, 3.05) is 32.7 Å². The van der Waals surface area contributed by atoms with E-state index in [9.17, 15) is 9.59 Å². The minimum atomic E-state index is -0.0486. The Balaban J connectivity index is 1.37. The Labute approximate surface area is 151 Å². The third-order valence-electron chi connectivity index (χ3n) is 6.01. The number of amides is 3. The molecule has 3 N–H and O–H groups in total. The van der Waals surface area contributed by atoms with Crippen molar-refractivity contribution in [1.29, 1.82) is 0 Å². The second-order valence-electron chi connectivity index (χ2n) is 8.01. The van der Waals surface area contributed by atoms with Crippen molar-refractivity contribution in [2.45, 2.75) is 63.8 Å². The zero-order valence-electron chi connectivity index (χ0n) is 15.4. The molecular weight excluding hydrogens is 316 g/mol. The van der Waals surface area contributed by atoms with Gasteiger partial charge < -0.3 is 20.9 Å². The Kier molecular flexibility index (Phi) is 6.96. The van der Waals surface area contributed by atoms with Crippen molar-refractivity contribution >= 4 is 11.9 Å². The minimum absolute atomic E-state index is 0.0256. The summed E-state index contributed by atoms with van der Waals surface area (Å²) in [6, 6.07) is 0.364. The normalized spacial score (nSPS) is 27.9. The van der Waals surface area contributed by atoms with Crippen molar-refractivity contribution in [1.82, 2.24) is 20.9 Å². The van der Waals surface area contributed by atoms with E-state index in [1.807, 2.05) is 4.90 Å². The fourth-order valence-electron chi connectivity index (χ4n) is 4.43. The van der Waals surface area contributed by atoms with E-state index in [2.05, 4.69) is 16.0 Å². The van der Waals surface area contributed by atoms with Crippen LogP contribution >= 0.6 is 0 Å². The molecule has 1 saturated carbocycles. The lowest BCUT2D eigenvalue weighted by molar-refractivity contribution is -0.126. The SMILES string of the molecule is O=C(NCCC1CCCNC1)C1CCCN(C(=O)NC2CCCC2)C1. The summed E-state index contributed by atoms with van der Waals surface area (Å²) in [5.41, 5.74) is 0. The molecule has 0 spiro atoms. The molecule has 1 aliphatic carbocycles. The molecule has 0 radical (unpaired) electrons. The van der Waals surface area contributed by atoms with Gasteiger partial charge in [0.05, 0.1) is 5.92 Å². The van der Waals surface area contributed by atoms with E-state index in [-0.39, 0.29) is 17.9 Å². The maximum Gasteiger partial charge on any atom is 0.317 e. The number of carbonyl (C=O) groups is 2. The van der Waals surface area contributed by atoms with Gasteiger partial charge in [0, 0.05) is 25.7 Å². The molecule has 0 bridgehead atoms. The topological polar surface area (TPSA) is 73.5 Å². The second-order valence-corrected chi connectivity index (χ2v) is 8.01. The fraction of sp³-hybridized carbons (Fsp3) is 0.895. The maximum absolute atomic E-state index is 12.5. The van der Waals surface area contributed by atoms with Crippen molar-refractivity contribution in [3.05, 3.63) is 0 Å². The van der Waals surface area contributed by atoms with E-state index in [4.69, 9.17) is 0 Å². The first-order valence-corrected chi connectivity index (χ1v) is 10.3. The summed E-state index contributed by atoms with van der Waals surface area (Å²) >= 11 is 0. The lowest BCUT2D eigenvalue weighted by atomic mass is 9.95. The van der Waals surface area contributed by atoms with Crippen molar-refractivity contribution < 1.29 is 9.59 Å². The zero-order chi connectivity index (χ0) is 17.5. The molecule has 3 fully saturated rings. The first-order valence-electron chi connectivity index (χ1n) is 10.3. The van der Waals surface area contributed by atoms with Crippen molar-refractivity contribution in [3.63, 3.8) is 0 Å². The fourth-order valence-corrected chi connectivity index (χ4v) is 4.43. The van der Waals surface area contributed by atoms with Gasteiger partial charge in [-0.3, -0.25) is 4.79 Å². The Hall–Kier alpha value is -1.30. The molecule has 6 nitrogen and oxygen atoms in total. The molecule has 0 aromatic heterocycles. The Morgan fingerprint density at radius 1 is 1.04 bits per heavy atom. The van der Waals surface area contributed by atoms with E-state index in [1.165, 1.54) is 25.7 Å². The van der Waals surface area contributed by atoms with Crippen LogP contribution < -0.4 is 16.0 Å². The highest BCUT2D eigenvalue weighted by Crippen LogP contribution is 2.20. The Bertz CT molecular complexity index is 445. The summed E-state index contributed by atoms with van der Waals surface area (Å²) in [4.78, 5) is 26.7. The average molecular weight is 351 g/mol. The molecule has 0 aromatic carbocycles. The molecule has 3 rings (SSSR count). The van der Waals surface area contributed by atoms with Crippen LogP contribution in [0, 0.1) is 11.8 Å². The first kappa shape index (κ1) is 18.5. The highest BCUT2D eigenvalue weighted by molar-refractivity contribution is 5.80. The number of carbonyl (C=O) groups excluding carboxylic acids is 2. The van der Waals surface area contributed by atoms with Crippen LogP contribution in [0.25, 0.3) is 0 Å². The number of piperidine rings is 2. The van der Waals surface area contributed by atoms with Gasteiger partial charge >= 0.3 is 6.03 Å². The van der Waals surface area contributed by atoms with Gasteiger partial charge in [-0.2, -0.15) is 0 Å². The molecule has 2 unspecified atom stereocenters. The lowest BCUT2D eigenvalue weighted by Gasteiger charge is -2.33. The number of hydrogen-bond acceptors (Lipinski definition) is 3. The molecule has 2 heterocycles. The van der Waals surface area contributed by atoms with Crippen LogP contribution in [0.15, 0.2) is 0 Å². The van der Waals surface area contributed by atoms with Crippen LogP contribution in [-0.4, -0.2) is 55.6 Å².